The van der Waals surface area contributed by atoms with Crippen LogP contribution < -0.4 is 5.32 Å². The standard InChI is InChI=1S/C13H22F3N3/c1-4-8-17-11(6-7-13(14,15)16)12-9-10(5-2)18-19(12)3/h9,11,17H,4-8H2,1-3H3. The number of nitrogens with zero attached hydrogens (tertiary/aromatic N) is 2. The Morgan fingerprint density at radius 2 is 2.05 bits per heavy atom. The van der Waals surface area contributed by atoms with Crippen molar-refractivity contribution in [2.45, 2.75) is 51.7 Å². The first-order chi connectivity index (χ1) is 8.87. The average molecular weight is 277 g/mol. The van der Waals surface area contributed by atoms with Crippen LogP contribution in [0.5, 0.6) is 0 Å². The Kier molecular flexibility index (Phi) is 5.85. The van der Waals surface area contributed by atoms with Gasteiger partial charge in [-0.05, 0) is 31.9 Å². The Balaban J connectivity index is 2.79. The first-order valence-electron chi connectivity index (χ1n) is 6.70. The van der Waals surface area contributed by atoms with Crippen molar-refractivity contribution in [3.8, 4) is 0 Å². The van der Waals surface area contributed by atoms with Crippen LogP contribution in [0.4, 0.5) is 13.2 Å². The number of hydrogen-bond acceptors (Lipinski definition) is 2. The highest BCUT2D eigenvalue weighted by Gasteiger charge is 2.29. The molecule has 0 fully saturated rings. The van der Waals surface area contributed by atoms with Gasteiger partial charge in [-0.15, -0.1) is 0 Å². The van der Waals surface area contributed by atoms with Gasteiger partial charge >= 0.3 is 6.18 Å². The molecule has 1 N–H and O–H groups in total. The van der Waals surface area contributed by atoms with Crippen LogP contribution in [0.25, 0.3) is 0 Å². The second kappa shape index (κ2) is 6.93. The van der Waals surface area contributed by atoms with Crippen molar-refractivity contribution in [2.24, 2.45) is 7.05 Å². The number of alkyl halides is 3. The van der Waals surface area contributed by atoms with E-state index in [-0.39, 0.29) is 12.5 Å². The van der Waals surface area contributed by atoms with Crippen molar-refractivity contribution in [2.75, 3.05) is 6.54 Å². The monoisotopic (exact) mass is 277 g/mol. The summed E-state index contributed by atoms with van der Waals surface area (Å²) >= 11 is 0. The maximum Gasteiger partial charge on any atom is 0.389 e. The van der Waals surface area contributed by atoms with Crippen molar-refractivity contribution in [3.63, 3.8) is 0 Å². The predicted octanol–water partition coefficient (Wildman–Crippen LogP) is 3.37. The van der Waals surface area contributed by atoms with Crippen LogP contribution in [0, 0.1) is 0 Å². The van der Waals surface area contributed by atoms with E-state index in [4.69, 9.17) is 0 Å². The molecule has 1 unspecified atom stereocenters. The van der Waals surface area contributed by atoms with E-state index in [9.17, 15) is 13.2 Å². The molecule has 0 saturated heterocycles. The van der Waals surface area contributed by atoms with Gasteiger partial charge in [0.2, 0.25) is 0 Å². The summed E-state index contributed by atoms with van der Waals surface area (Å²) in [5, 5.41) is 7.47. The summed E-state index contributed by atoms with van der Waals surface area (Å²) in [6.45, 7) is 4.68. The van der Waals surface area contributed by atoms with E-state index in [1.54, 1.807) is 11.7 Å². The number of rotatable bonds is 7. The molecule has 0 aliphatic heterocycles. The zero-order valence-electron chi connectivity index (χ0n) is 11.7. The minimum Gasteiger partial charge on any atom is -0.309 e. The van der Waals surface area contributed by atoms with Crippen molar-refractivity contribution >= 4 is 0 Å². The molecule has 6 heteroatoms. The fourth-order valence-electron chi connectivity index (χ4n) is 2.02. The number of aryl methyl sites for hydroxylation is 2. The van der Waals surface area contributed by atoms with Crippen LogP contribution >= 0.6 is 0 Å². The zero-order valence-corrected chi connectivity index (χ0v) is 11.7. The van der Waals surface area contributed by atoms with Gasteiger partial charge in [-0.1, -0.05) is 13.8 Å². The Morgan fingerprint density at radius 1 is 1.37 bits per heavy atom. The summed E-state index contributed by atoms with van der Waals surface area (Å²) in [4.78, 5) is 0. The molecule has 0 bridgehead atoms. The first kappa shape index (κ1) is 16.0. The molecule has 19 heavy (non-hydrogen) atoms. The van der Waals surface area contributed by atoms with Gasteiger partial charge in [-0.2, -0.15) is 18.3 Å². The Labute approximate surface area is 112 Å². The normalized spacial score (nSPS) is 13.8. The highest BCUT2D eigenvalue weighted by atomic mass is 19.4. The molecular weight excluding hydrogens is 255 g/mol. The molecule has 1 rings (SSSR count). The summed E-state index contributed by atoms with van der Waals surface area (Å²) in [7, 11) is 1.78. The highest BCUT2D eigenvalue weighted by molar-refractivity contribution is 5.14. The second-order valence-electron chi connectivity index (χ2n) is 4.70. The minimum atomic E-state index is -4.11. The Bertz CT molecular complexity index is 385. The molecule has 0 aliphatic carbocycles. The van der Waals surface area contributed by atoms with E-state index >= 15 is 0 Å². The van der Waals surface area contributed by atoms with Crippen LogP contribution in [0.15, 0.2) is 6.07 Å². The predicted molar refractivity (Wildman–Crippen MR) is 68.9 cm³/mol. The highest BCUT2D eigenvalue weighted by Crippen LogP contribution is 2.27. The van der Waals surface area contributed by atoms with Crippen LogP contribution in [0.1, 0.15) is 50.5 Å². The van der Waals surface area contributed by atoms with E-state index < -0.39 is 12.6 Å². The smallest absolute Gasteiger partial charge is 0.309 e. The molecule has 0 saturated carbocycles. The van der Waals surface area contributed by atoms with Crippen molar-refractivity contribution in [1.82, 2.24) is 15.1 Å². The third-order valence-electron chi connectivity index (χ3n) is 3.04. The molecule has 1 aromatic heterocycles. The van der Waals surface area contributed by atoms with Gasteiger partial charge in [0.15, 0.2) is 0 Å². The fourth-order valence-corrected chi connectivity index (χ4v) is 2.02. The molecule has 0 radical (unpaired) electrons. The number of aromatic nitrogens is 2. The van der Waals surface area contributed by atoms with Crippen molar-refractivity contribution < 1.29 is 13.2 Å². The maximum atomic E-state index is 12.4. The SMILES string of the molecule is CCCNC(CCC(F)(F)F)c1cc(CC)nn1C. The number of halogens is 3. The van der Waals surface area contributed by atoms with Gasteiger partial charge in [0, 0.05) is 19.5 Å². The van der Waals surface area contributed by atoms with Gasteiger partial charge in [0.25, 0.3) is 0 Å². The molecule has 3 nitrogen and oxygen atoms in total. The van der Waals surface area contributed by atoms with Gasteiger partial charge in [-0.25, -0.2) is 0 Å². The fraction of sp³-hybridized carbons (Fsp3) is 0.769. The largest absolute Gasteiger partial charge is 0.389 e. The molecular formula is C13H22F3N3. The summed E-state index contributed by atoms with van der Waals surface area (Å²) in [5.74, 6) is 0. The maximum absolute atomic E-state index is 12.4. The van der Waals surface area contributed by atoms with Gasteiger partial charge in [-0.3, -0.25) is 4.68 Å². The molecule has 0 amide bonds. The van der Waals surface area contributed by atoms with E-state index in [0.717, 1.165) is 24.2 Å². The lowest BCUT2D eigenvalue weighted by Gasteiger charge is -2.19. The number of nitrogens with one attached hydrogen (secondary N) is 1. The summed E-state index contributed by atoms with van der Waals surface area (Å²) in [6.07, 6.45) is -3.17. The first-order valence-corrected chi connectivity index (χ1v) is 6.70. The Hall–Kier alpha value is -1.04. The van der Waals surface area contributed by atoms with Crippen molar-refractivity contribution in [3.05, 3.63) is 17.5 Å². The molecule has 110 valence electrons. The van der Waals surface area contributed by atoms with Gasteiger partial charge in [0.1, 0.15) is 0 Å². The molecule has 0 aliphatic rings. The van der Waals surface area contributed by atoms with Gasteiger partial charge in [0.05, 0.1) is 11.4 Å². The molecule has 0 spiro atoms. The Morgan fingerprint density at radius 3 is 2.53 bits per heavy atom. The summed E-state index contributed by atoms with van der Waals surface area (Å²) < 4.78 is 38.8. The third-order valence-corrected chi connectivity index (χ3v) is 3.04. The van der Waals surface area contributed by atoms with Gasteiger partial charge < -0.3 is 5.32 Å². The topological polar surface area (TPSA) is 29.9 Å². The average Bonchev–Trinajstić information content (AvgIpc) is 2.70. The lowest BCUT2D eigenvalue weighted by molar-refractivity contribution is -0.136. The van der Waals surface area contributed by atoms with E-state index in [1.165, 1.54) is 0 Å². The summed E-state index contributed by atoms with van der Waals surface area (Å²) in [6, 6.07) is 1.60. The van der Waals surface area contributed by atoms with Crippen LogP contribution in [0.3, 0.4) is 0 Å². The minimum absolute atomic E-state index is 0.0478. The third kappa shape index (κ3) is 5.22. The number of hydrogen-bond donors (Lipinski definition) is 1. The summed E-state index contributed by atoms with van der Waals surface area (Å²) in [5.41, 5.74) is 1.74. The molecule has 1 aromatic rings. The van der Waals surface area contributed by atoms with Crippen molar-refractivity contribution in [1.29, 1.82) is 0 Å². The lowest BCUT2D eigenvalue weighted by atomic mass is 10.1. The van der Waals surface area contributed by atoms with Crippen LogP contribution in [-0.4, -0.2) is 22.5 Å². The van der Waals surface area contributed by atoms with Crippen LogP contribution in [0.2, 0.25) is 0 Å². The zero-order chi connectivity index (χ0) is 14.5. The second-order valence-corrected chi connectivity index (χ2v) is 4.70. The lowest BCUT2D eigenvalue weighted by Crippen LogP contribution is -2.26. The van der Waals surface area contributed by atoms with E-state index in [2.05, 4.69) is 10.4 Å². The van der Waals surface area contributed by atoms with E-state index in [0.29, 0.717) is 6.54 Å². The molecule has 1 heterocycles. The quantitative estimate of drug-likeness (QED) is 0.828. The van der Waals surface area contributed by atoms with Crippen LogP contribution in [-0.2, 0) is 13.5 Å². The molecule has 0 aromatic carbocycles. The van der Waals surface area contributed by atoms with E-state index in [1.807, 2.05) is 19.9 Å². The molecule has 1 atom stereocenters.